The van der Waals surface area contributed by atoms with E-state index in [-0.39, 0.29) is 12.0 Å². The second-order valence-electron chi connectivity index (χ2n) is 4.89. The number of amides is 1. The lowest BCUT2D eigenvalue weighted by molar-refractivity contribution is 0.0189. The third kappa shape index (κ3) is 3.78. The van der Waals surface area contributed by atoms with Crippen molar-refractivity contribution in [3.63, 3.8) is 0 Å². The average molecular weight is 210 g/mol. The molecule has 4 heteroatoms. The van der Waals surface area contributed by atoms with Gasteiger partial charge in [-0.05, 0) is 33.6 Å². The smallest absolute Gasteiger partial charge is 0.410 e. The number of carbonyl (C=O) groups is 1. The maximum absolute atomic E-state index is 11.7. The Morgan fingerprint density at radius 3 is 2.73 bits per heavy atom. The van der Waals surface area contributed by atoms with Crippen LogP contribution in [0, 0.1) is 17.2 Å². The molecule has 1 rings (SSSR count). The van der Waals surface area contributed by atoms with Gasteiger partial charge in [0.2, 0.25) is 0 Å². The van der Waals surface area contributed by atoms with Crippen LogP contribution in [-0.2, 0) is 4.74 Å². The summed E-state index contributed by atoms with van der Waals surface area (Å²) >= 11 is 0. The van der Waals surface area contributed by atoms with Crippen molar-refractivity contribution in [2.75, 3.05) is 13.1 Å². The van der Waals surface area contributed by atoms with Crippen molar-refractivity contribution in [1.29, 1.82) is 5.26 Å². The zero-order valence-corrected chi connectivity index (χ0v) is 9.62. The fourth-order valence-corrected chi connectivity index (χ4v) is 1.57. The molecule has 0 spiro atoms. The summed E-state index contributed by atoms with van der Waals surface area (Å²) in [5.41, 5.74) is -0.462. The van der Waals surface area contributed by atoms with Crippen LogP contribution in [0.15, 0.2) is 0 Å². The van der Waals surface area contributed by atoms with Crippen LogP contribution in [0.5, 0.6) is 0 Å². The molecule has 1 aliphatic heterocycles. The summed E-state index contributed by atoms with van der Waals surface area (Å²) in [4.78, 5) is 13.3. The molecule has 0 saturated carbocycles. The van der Waals surface area contributed by atoms with Gasteiger partial charge in [-0.15, -0.1) is 0 Å². The van der Waals surface area contributed by atoms with Crippen LogP contribution in [0.2, 0.25) is 0 Å². The third-order valence-electron chi connectivity index (χ3n) is 2.26. The van der Waals surface area contributed by atoms with E-state index in [4.69, 9.17) is 10.00 Å². The molecular weight excluding hydrogens is 192 g/mol. The van der Waals surface area contributed by atoms with Crippen molar-refractivity contribution < 1.29 is 9.53 Å². The Morgan fingerprint density at radius 2 is 2.20 bits per heavy atom. The quantitative estimate of drug-likeness (QED) is 0.615. The molecule has 15 heavy (non-hydrogen) atoms. The van der Waals surface area contributed by atoms with Gasteiger partial charge in [0.25, 0.3) is 0 Å². The minimum absolute atomic E-state index is 0.0359. The molecule has 0 aromatic heterocycles. The molecule has 0 unspecified atom stereocenters. The van der Waals surface area contributed by atoms with E-state index in [9.17, 15) is 4.79 Å². The van der Waals surface area contributed by atoms with E-state index in [2.05, 4.69) is 6.07 Å². The molecule has 0 aromatic rings. The molecule has 1 atom stereocenters. The van der Waals surface area contributed by atoms with Crippen LogP contribution in [0.25, 0.3) is 0 Å². The molecular formula is C11H18N2O2. The minimum atomic E-state index is -0.462. The molecule has 1 amide bonds. The monoisotopic (exact) mass is 210 g/mol. The van der Waals surface area contributed by atoms with Gasteiger partial charge in [0, 0.05) is 13.1 Å². The lowest BCUT2D eigenvalue weighted by Gasteiger charge is -2.31. The van der Waals surface area contributed by atoms with E-state index < -0.39 is 5.60 Å². The third-order valence-corrected chi connectivity index (χ3v) is 2.26. The lowest BCUT2D eigenvalue weighted by Crippen LogP contribution is -2.42. The molecule has 0 radical (unpaired) electrons. The first-order valence-electron chi connectivity index (χ1n) is 5.30. The summed E-state index contributed by atoms with van der Waals surface area (Å²) in [5.74, 6) is -0.0359. The van der Waals surface area contributed by atoms with Crippen LogP contribution < -0.4 is 0 Å². The first kappa shape index (κ1) is 11.8. The van der Waals surface area contributed by atoms with Gasteiger partial charge < -0.3 is 9.64 Å². The molecule has 4 nitrogen and oxygen atoms in total. The van der Waals surface area contributed by atoms with Gasteiger partial charge in [0.15, 0.2) is 0 Å². The topological polar surface area (TPSA) is 53.3 Å². The van der Waals surface area contributed by atoms with Gasteiger partial charge in [0.05, 0.1) is 12.0 Å². The first-order valence-corrected chi connectivity index (χ1v) is 5.30. The number of hydrogen-bond donors (Lipinski definition) is 0. The number of hydrogen-bond acceptors (Lipinski definition) is 3. The standard InChI is InChI=1S/C11H18N2O2/c1-11(2,3)15-10(14)13-6-4-5-9(7-12)8-13/h9H,4-6,8H2,1-3H3/t9-/m0/s1. The van der Waals surface area contributed by atoms with Crippen molar-refractivity contribution in [1.82, 2.24) is 4.90 Å². The number of ether oxygens (including phenoxy) is 1. The number of rotatable bonds is 0. The molecule has 1 saturated heterocycles. The molecule has 1 aliphatic rings. The summed E-state index contributed by atoms with van der Waals surface area (Å²) in [6.07, 6.45) is 1.47. The minimum Gasteiger partial charge on any atom is -0.444 e. The van der Waals surface area contributed by atoms with E-state index in [0.717, 1.165) is 12.8 Å². The summed E-state index contributed by atoms with van der Waals surface area (Å²) < 4.78 is 5.25. The fourth-order valence-electron chi connectivity index (χ4n) is 1.57. The summed E-state index contributed by atoms with van der Waals surface area (Å²) in [7, 11) is 0. The van der Waals surface area contributed by atoms with Gasteiger partial charge in [-0.2, -0.15) is 5.26 Å². The van der Waals surface area contributed by atoms with Crippen molar-refractivity contribution in [2.24, 2.45) is 5.92 Å². The second kappa shape index (κ2) is 4.52. The Hall–Kier alpha value is -1.24. The Morgan fingerprint density at radius 1 is 1.53 bits per heavy atom. The Balaban J connectivity index is 2.50. The summed E-state index contributed by atoms with van der Waals surface area (Å²) in [6.45, 7) is 6.74. The summed E-state index contributed by atoms with van der Waals surface area (Å²) in [6, 6.07) is 2.20. The van der Waals surface area contributed by atoms with E-state index >= 15 is 0 Å². The molecule has 1 fully saturated rings. The average Bonchev–Trinajstić information content (AvgIpc) is 2.15. The van der Waals surface area contributed by atoms with Crippen molar-refractivity contribution in [3.8, 4) is 6.07 Å². The maximum atomic E-state index is 11.7. The zero-order chi connectivity index (χ0) is 11.5. The van der Waals surface area contributed by atoms with Crippen molar-refractivity contribution in [3.05, 3.63) is 0 Å². The molecule has 0 bridgehead atoms. The molecule has 0 aromatic carbocycles. The SMILES string of the molecule is CC(C)(C)OC(=O)N1CCC[C@@H](C#N)C1. The van der Waals surface area contributed by atoms with Crippen LogP contribution in [0.4, 0.5) is 4.79 Å². The highest BCUT2D eigenvalue weighted by Crippen LogP contribution is 2.18. The van der Waals surface area contributed by atoms with Crippen LogP contribution in [-0.4, -0.2) is 29.7 Å². The maximum Gasteiger partial charge on any atom is 0.410 e. The Bertz CT molecular complexity index is 275. The van der Waals surface area contributed by atoms with Gasteiger partial charge in [-0.1, -0.05) is 0 Å². The normalized spacial score (nSPS) is 22.0. The van der Waals surface area contributed by atoms with Crippen LogP contribution in [0.3, 0.4) is 0 Å². The predicted octanol–water partition coefficient (Wildman–Crippen LogP) is 2.16. The van der Waals surface area contributed by atoms with Crippen molar-refractivity contribution in [2.45, 2.75) is 39.2 Å². The number of likely N-dealkylation sites (tertiary alicyclic amines) is 1. The Labute approximate surface area is 90.8 Å². The van der Waals surface area contributed by atoms with E-state index in [1.54, 1.807) is 4.90 Å². The number of carbonyl (C=O) groups excluding carboxylic acids is 1. The fraction of sp³-hybridized carbons (Fsp3) is 0.818. The first-order chi connectivity index (χ1) is 6.92. The highest BCUT2D eigenvalue weighted by molar-refractivity contribution is 5.68. The number of nitrogens with zero attached hydrogens (tertiary/aromatic N) is 2. The van der Waals surface area contributed by atoms with Gasteiger partial charge in [-0.3, -0.25) is 0 Å². The van der Waals surface area contributed by atoms with Crippen LogP contribution >= 0.6 is 0 Å². The molecule has 1 heterocycles. The highest BCUT2D eigenvalue weighted by Gasteiger charge is 2.27. The van der Waals surface area contributed by atoms with Crippen molar-refractivity contribution >= 4 is 6.09 Å². The second-order valence-corrected chi connectivity index (χ2v) is 4.89. The molecule has 0 aliphatic carbocycles. The largest absolute Gasteiger partial charge is 0.444 e. The van der Waals surface area contributed by atoms with E-state index in [0.29, 0.717) is 13.1 Å². The van der Waals surface area contributed by atoms with Gasteiger partial charge >= 0.3 is 6.09 Å². The highest BCUT2D eigenvalue weighted by atomic mass is 16.6. The number of piperidine rings is 1. The lowest BCUT2D eigenvalue weighted by atomic mass is 10.0. The van der Waals surface area contributed by atoms with E-state index in [1.165, 1.54) is 0 Å². The summed E-state index contributed by atoms with van der Waals surface area (Å²) in [5, 5.41) is 8.79. The van der Waals surface area contributed by atoms with Gasteiger partial charge in [0.1, 0.15) is 5.60 Å². The molecule has 0 N–H and O–H groups in total. The van der Waals surface area contributed by atoms with Gasteiger partial charge in [-0.25, -0.2) is 4.79 Å². The van der Waals surface area contributed by atoms with Crippen LogP contribution in [0.1, 0.15) is 33.6 Å². The molecule has 84 valence electrons. The Kier molecular flexibility index (Phi) is 3.57. The van der Waals surface area contributed by atoms with E-state index in [1.807, 2.05) is 20.8 Å². The zero-order valence-electron chi connectivity index (χ0n) is 9.62. The number of nitriles is 1. The predicted molar refractivity (Wildman–Crippen MR) is 56.1 cm³/mol.